The van der Waals surface area contributed by atoms with Gasteiger partial charge in [0.25, 0.3) is 0 Å². The summed E-state index contributed by atoms with van der Waals surface area (Å²) in [6.07, 6.45) is 5.55. The molecule has 2 rings (SSSR count). The molecule has 3 atom stereocenters. The van der Waals surface area contributed by atoms with E-state index in [-0.39, 0.29) is 11.5 Å². The summed E-state index contributed by atoms with van der Waals surface area (Å²) in [4.78, 5) is 0. The van der Waals surface area contributed by atoms with Crippen molar-refractivity contribution in [1.82, 2.24) is 9.78 Å². The Labute approximate surface area is 128 Å². The van der Waals surface area contributed by atoms with Crippen molar-refractivity contribution in [1.29, 1.82) is 0 Å². The zero-order valence-electron chi connectivity index (χ0n) is 13.2. The number of nitrogens with zero attached hydrogens (tertiary/aromatic N) is 2. The van der Waals surface area contributed by atoms with Crippen LogP contribution in [0.25, 0.3) is 0 Å². The summed E-state index contributed by atoms with van der Waals surface area (Å²) in [6, 6.07) is 2.41. The molecule has 0 bridgehead atoms. The van der Waals surface area contributed by atoms with E-state index in [0.717, 1.165) is 11.7 Å². The van der Waals surface area contributed by atoms with Gasteiger partial charge in [-0.15, -0.1) is 0 Å². The van der Waals surface area contributed by atoms with E-state index in [9.17, 15) is 8.42 Å². The molecule has 120 valence electrons. The lowest BCUT2D eigenvalue weighted by atomic mass is 9.80. The monoisotopic (exact) mass is 313 g/mol. The molecule has 1 aliphatic carbocycles. The third-order valence-corrected chi connectivity index (χ3v) is 6.16. The molecule has 0 aliphatic heterocycles. The molecule has 6 heteroatoms. The normalized spacial score (nSPS) is 26.7. The van der Waals surface area contributed by atoms with Gasteiger partial charge in [-0.1, -0.05) is 20.8 Å². The number of aryl methyl sites for hydroxylation is 1. The van der Waals surface area contributed by atoms with E-state index in [1.54, 1.807) is 11.6 Å². The Bertz CT molecular complexity index is 553. The Kier molecular flexibility index (Phi) is 5.30. The van der Waals surface area contributed by atoms with Crippen molar-refractivity contribution < 1.29 is 8.42 Å². The molecule has 5 nitrogen and oxygen atoms in total. The van der Waals surface area contributed by atoms with Crippen molar-refractivity contribution in [3.8, 4) is 0 Å². The van der Waals surface area contributed by atoms with Crippen LogP contribution in [0.2, 0.25) is 0 Å². The number of hydrogen-bond acceptors (Lipinski definition) is 4. The van der Waals surface area contributed by atoms with Gasteiger partial charge in [0.2, 0.25) is 0 Å². The molecule has 0 unspecified atom stereocenters. The number of aromatic nitrogens is 2. The van der Waals surface area contributed by atoms with E-state index >= 15 is 0 Å². The Morgan fingerprint density at radius 2 is 2.14 bits per heavy atom. The average molecular weight is 313 g/mol. The van der Waals surface area contributed by atoms with Crippen LogP contribution in [-0.4, -0.2) is 35.7 Å². The van der Waals surface area contributed by atoms with E-state index in [4.69, 9.17) is 0 Å². The van der Waals surface area contributed by atoms with Crippen LogP contribution in [0.1, 0.15) is 40.0 Å². The fourth-order valence-corrected chi connectivity index (χ4v) is 3.76. The first kappa shape index (κ1) is 16.3. The van der Waals surface area contributed by atoms with Crippen LogP contribution in [0.3, 0.4) is 0 Å². The summed E-state index contributed by atoms with van der Waals surface area (Å²) >= 11 is 0. The molecule has 1 aliphatic rings. The molecule has 0 aromatic carbocycles. The molecular weight excluding hydrogens is 286 g/mol. The van der Waals surface area contributed by atoms with Crippen LogP contribution in [-0.2, 0) is 16.4 Å². The molecule has 1 aromatic rings. The summed E-state index contributed by atoms with van der Waals surface area (Å²) in [6.45, 7) is 6.71. The van der Waals surface area contributed by atoms with Crippen molar-refractivity contribution in [3.05, 3.63) is 12.3 Å². The number of sulfone groups is 1. The van der Waals surface area contributed by atoms with E-state index in [1.807, 2.05) is 12.3 Å². The molecule has 1 saturated carbocycles. The smallest absolute Gasteiger partial charge is 0.151 e. The van der Waals surface area contributed by atoms with Gasteiger partial charge in [-0.3, -0.25) is 4.68 Å². The van der Waals surface area contributed by atoms with Crippen LogP contribution in [0.5, 0.6) is 0 Å². The van der Waals surface area contributed by atoms with Crippen molar-refractivity contribution >= 4 is 15.7 Å². The molecule has 0 saturated heterocycles. The maximum atomic E-state index is 11.5. The summed E-state index contributed by atoms with van der Waals surface area (Å²) in [7, 11) is -2.93. The van der Waals surface area contributed by atoms with E-state index in [0.29, 0.717) is 18.5 Å². The second kappa shape index (κ2) is 6.81. The fourth-order valence-electron chi connectivity index (χ4n) is 3.01. The zero-order chi connectivity index (χ0) is 15.5. The maximum absolute atomic E-state index is 11.5. The minimum Gasteiger partial charge on any atom is -0.366 e. The predicted molar refractivity (Wildman–Crippen MR) is 86.1 cm³/mol. The van der Waals surface area contributed by atoms with Crippen LogP contribution in [0.15, 0.2) is 12.3 Å². The van der Waals surface area contributed by atoms with Crippen LogP contribution in [0, 0.1) is 11.8 Å². The molecule has 0 spiro atoms. The van der Waals surface area contributed by atoms with E-state index in [2.05, 4.69) is 24.3 Å². The van der Waals surface area contributed by atoms with Gasteiger partial charge >= 0.3 is 0 Å². The third-order valence-electron chi connectivity index (χ3n) is 4.48. The van der Waals surface area contributed by atoms with Gasteiger partial charge in [-0.05, 0) is 31.1 Å². The highest BCUT2D eigenvalue weighted by molar-refractivity contribution is 7.91. The first-order valence-corrected chi connectivity index (χ1v) is 9.72. The SMILES string of the molecule is CCS(=O)(=O)CCn1ccc(N[C@@H]2CC[C@@H](C)C[C@@H]2C)n1. The van der Waals surface area contributed by atoms with Crippen LogP contribution in [0.4, 0.5) is 5.82 Å². The Hall–Kier alpha value is -1.04. The average Bonchev–Trinajstić information content (AvgIpc) is 2.88. The Balaban J connectivity index is 1.88. The van der Waals surface area contributed by atoms with E-state index in [1.165, 1.54) is 19.3 Å². The molecule has 0 radical (unpaired) electrons. The highest BCUT2D eigenvalue weighted by Gasteiger charge is 2.25. The number of hydrogen-bond donors (Lipinski definition) is 1. The van der Waals surface area contributed by atoms with Crippen LogP contribution < -0.4 is 5.32 Å². The van der Waals surface area contributed by atoms with Crippen molar-refractivity contribution in [2.45, 2.75) is 52.6 Å². The van der Waals surface area contributed by atoms with Gasteiger partial charge in [0.05, 0.1) is 12.3 Å². The predicted octanol–water partition coefficient (Wildman–Crippen LogP) is 2.55. The van der Waals surface area contributed by atoms with Gasteiger partial charge in [-0.2, -0.15) is 5.10 Å². The first-order valence-electron chi connectivity index (χ1n) is 7.90. The molecule has 21 heavy (non-hydrogen) atoms. The molecular formula is C15H27N3O2S. The van der Waals surface area contributed by atoms with Gasteiger partial charge in [0.1, 0.15) is 5.82 Å². The lowest BCUT2D eigenvalue weighted by Gasteiger charge is -2.33. The molecule has 0 amide bonds. The van der Waals surface area contributed by atoms with Gasteiger partial charge in [0, 0.05) is 24.1 Å². The van der Waals surface area contributed by atoms with E-state index < -0.39 is 9.84 Å². The molecule has 1 heterocycles. The lowest BCUT2D eigenvalue weighted by Crippen LogP contribution is -2.33. The van der Waals surface area contributed by atoms with Crippen LogP contribution >= 0.6 is 0 Å². The number of anilines is 1. The minimum absolute atomic E-state index is 0.155. The highest BCUT2D eigenvalue weighted by atomic mass is 32.2. The summed E-state index contributed by atoms with van der Waals surface area (Å²) < 4.78 is 24.7. The Morgan fingerprint density at radius 3 is 2.81 bits per heavy atom. The summed E-state index contributed by atoms with van der Waals surface area (Å²) in [5, 5.41) is 7.94. The molecule has 1 aromatic heterocycles. The van der Waals surface area contributed by atoms with Gasteiger partial charge in [-0.25, -0.2) is 8.42 Å². The topological polar surface area (TPSA) is 64.0 Å². The third kappa shape index (κ3) is 4.73. The largest absolute Gasteiger partial charge is 0.366 e. The van der Waals surface area contributed by atoms with Gasteiger partial charge < -0.3 is 5.32 Å². The fraction of sp³-hybridized carbons (Fsp3) is 0.800. The number of nitrogens with one attached hydrogen (secondary N) is 1. The maximum Gasteiger partial charge on any atom is 0.151 e. The van der Waals surface area contributed by atoms with Crippen molar-refractivity contribution in [3.63, 3.8) is 0 Å². The molecule has 1 fully saturated rings. The summed E-state index contributed by atoms with van der Waals surface area (Å²) in [5.74, 6) is 2.67. The van der Waals surface area contributed by atoms with Gasteiger partial charge in [0.15, 0.2) is 9.84 Å². The quantitative estimate of drug-likeness (QED) is 0.876. The standard InChI is InChI=1S/C15H27N3O2S/c1-4-21(19,20)10-9-18-8-7-15(17-18)16-14-6-5-12(2)11-13(14)3/h7-8,12-14H,4-6,9-11H2,1-3H3,(H,16,17)/t12-,13+,14-/m1/s1. The first-order chi connectivity index (χ1) is 9.89. The van der Waals surface area contributed by atoms with Crippen molar-refractivity contribution in [2.75, 3.05) is 16.8 Å². The molecule has 1 N–H and O–H groups in total. The minimum atomic E-state index is -2.93. The second-order valence-electron chi connectivity index (χ2n) is 6.35. The highest BCUT2D eigenvalue weighted by Crippen LogP contribution is 2.30. The summed E-state index contributed by atoms with van der Waals surface area (Å²) in [5.41, 5.74) is 0. The lowest BCUT2D eigenvalue weighted by molar-refractivity contribution is 0.276. The Morgan fingerprint density at radius 1 is 1.38 bits per heavy atom. The van der Waals surface area contributed by atoms with Crippen molar-refractivity contribution in [2.24, 2.45) is 11.8 Å². The second-order valence-corrected chi connectivity index (χ2v) is 8.82. The zero-order valence-corrected chi connectivity index (χ0v) is 14.1. The number of rotatable bonds is 6.